The molecule has 2 aromatic carbocycles. The molecular formula is C18H18F2N4O3. The average Bonchev–Trinajstić information content (AvgIpc) is 3.16. The van der Waals surface area contributed by atoms with E-state index in [4.69, 9.17) is 4.74 Å². The Morgan fingerprint density at radius 3 is 2.56 bits per heavy atom. The molecule has 1 aliphatic rings. The third-order valence-electron chi connectivity index (χ3n) is 4.07. The molecule has 9 heteroatoms. The summed E-state index contributed by atoms with van der Waals surface area (Å²) in [6, 6.07) is 11.1. The monoisotopic (exact) mass is 376 g/mol. The van der Waals surface area contributed by atoms with Crippen molar-refractivity contribution < 1.29 is 23.1 Å². The second-order valence-electron chi connectivity index (χ2n) is 5.92. The van der Waals surface area contributed by atoms with Gasteiger partial charge in [0.2, 0.25) is 5.91 Å². The van der Waals surface area contributed by atoms with Crippen LogP contribution in [0.4, 0.5) is 8.78 Å². The topological polar surface area (TPSA) is 91.5 Å². The smallest absolute Gasteiger partial charge is 0.276 e. The van der Waals surface area contributed by atoms with Gasteiger partial charge >= 0.3 is 0 Å². The molecule has 0 radical (unpaired) electrons. The van der Waals surface area contributed by atoms with Crippen molar-refractivity contribution in [1.29, 1.82) is 0 Å². The number of carbonyl (C=O) groups is 2. The van der Waals surface area contributed by atoms with Crippen LogP contribution in [0.5, 0.6) is 5.75 Å². The molecule has 4 N–H and O–H groups in total. The number of hydrogen-bond acceptors (Lipinski definition) is 5. The number of hydrogen-bond donors (Lipinski definition) is 4. The Hall–Kier alpha value is -3.04. The predicted molar refractivity (Wildman–Crippen MR) is 91.9 cm³/mol. The molecule has 1 saturated heterocycles. The van der Waals surface area contributed by atoms with Gasteiger partial charge < -0.3 is 4.74 Å². The van der Waals surface area contributed by atoms with Gasteiger partial charge in [0, 0.05) is 6.54 Å². The quantitative estimate of drug-likeness (QED) is 0.584. The molecule has 1 heterocycles. The summed E-state index contributed by atoms with van der Waals surface area (Å²) in [5, 5.41) is 0. The van der Waals surface area contributed by atoms with E-state index in [2.05, 4.69) is 21.7 Å². The fourth-order valence-electron chi connectivity index (χ4n) is 2.69. The lowest BCUT2D eigenvalue weighted by Crippen LogP contribution is -2.47. The zero-order valence-electron chi connectivity index (χ0n) is 14.2. The largest absolute Gasteiger partial charge is 0.481 e. The third-order valence-corrected chi connectivity index (χ3v) is 4.07. The first kappa shape index (κ1) is 18.7. The minimum atomic E-state index is -0.635. The van der Waals surface area contributed by atoms with E-state index in [0.717, 1.165) is 5.56 Å². The molecule has 2 atom stereocenters. The van der Waals surface area contributed by atoms with Gasteiger partial charge in [0.15, 0.2) is 18.2 Å². The summed E-state index contributed by atoms with van der Waals surface area (Å²) in [7, 11) is 0. The zero-order chi connectivity index (χ0) is 19.2. The van der Waals surface area contributed by atoms with Crippen LogP contribution >= 0.6 is 0 Å². The number of ether oxygens (including phenoxy) is 1. The summed E-state index contributed by atoms with van der Waals surface area (Å²) in [5.74, 6) is -2.60. The number of para-hydroxylation sites is 1. The molecule has 0 bridgehead atoms. The number of carbonyl (C=O) groups excluding carboxylic acids is 2. The Labute approximate surface area is 154 Å². The molecule has 2 aromatic rings. The zero-order valence-corrected chi connectivity index (χ0v) is 14.2. The highest BCUT2D eigenvalue weighted by molar-refractivity contribution is 5.84. The second-order valence-corrected chi connectivity index (χ2v) is 5.92. The van der Waals surface area contributed by atoms with E-state index in [9.17, 15) is 18.4 Å². The van der Waals surface area contributed by atoms with Gasteiger partial charge in [-0.15, -0.1) is 0 Å². The molecule has 2 amide bonds. The van der Waals surface area contributed by atoms with Gasteiger partial charge in [0.1, 0.15) is 5.82 Å². The summed E-state index contributed by atoms with van der Waals surface area (Å²) in [6.45, 7) is -0.126. The van der Waals surface area contributed by atoms with Crippen molar-refractivity contribution in [3.63, 3.8) is 0 Å². The highest BCUT2D eigenvalue weighted by Crippen LogP contribution is 2.25. The van der Waals surface area contributed by atoms with Crippen molar-refractivity contribution >= 4 is 11.8 Å². The van der Waals surface area contributed by atoms with Crippen LogP contribution in [0.1, 0.15) is 11.6 Å². The van der Waals surface area contributed by atoms with Crippen LogP contribution in [0.25, 0.3) is 0 Å². The highest BCUT2D eigenvalue weighted by atomic mass is 19.1. The summed E-state index contributed by atoms with van der Waals surface area (Å²) in [6.07, 6.45) is 0. The standard InChI is InChI=1S/C18H18F2N4O3/c19-12-7-5-11(6-8-12)17-13(9-21-23-17)18(26)24-22-16(25)10-27-15-4-2-1-3-14(15)20/h1-8,13,17,21,23H,9-10H2,(H,22,25)(H,24,26). The SMILES string of the molecule is O=C(COc1ccccc1F)NNC(=O)C1CNNC1c1ccc(F)cc1. The summed E-state index contributed by atoms with van der Waals surface area (Å²) >= 11 is 0. The van der Waals surface area contributed by atoms with E-state index < -0.39 is 30.2 Å². The highest BCUT2D eigenvalue weighted by Gasteiger charge is 2.34. The van der Waals surface area contributed by atoms with Crippen LogP contribution in [0.2, 0.25) is 0 Å². The second kappa shape index (κ2) is 8.56. The molecule has 1 aliphatic heterocycles. The lowest BCUT2D eigenvalue weighted by atomic mass is 9.94. The van der Waals surface area contributed by atoms with Crippen LogP contribution < -0.4 is 26.4 Å². The van der Waals surface area contributed by atoms with E-state index >= 15 is 0 Å². The Morgan fingerprint density at radius 1 is 1.07 bits per heavy atom. The van der Waals surface area contributed by atoms with Gasteiger partial charge in [-0.1, -0.05) is 24.3 Å². The lowest BCUT2D eigenvalue weighted by molar-refractivity contribution is -0.132. The van der Waals surface area contributed by atoms with Crippen molar-refractivity contribution in [2.45, 2.75) is 6.04 Å². The van der Waals surface area contributed by atoms with Gasteiger partial charge in [0.25, 0.3) is 5.91 Å². The number of hydrazine groups is 2. The van der Waals surface area contributed by atoms with E-state index in [1.54, 1.807) is 18.2 Å². The Balaban J connectivity index is 1.50. The average molecular weight is 376 g/mol. The molecule has 3 rings (SSSR count). The summed E-state index contributed by atoms with van der Waals surface area (Å²) in [4.78, 5) is 24.1. The molecule has 0 aliphatic carbocycles. The maximum absolute atomic E-state index is 13.4. The van der Waals surface area contributed by atoms with Gasteiger partial charge in [-0.05, 0) is 29.8 Å². The number of amides is 2. The number of rotatable bonds is 5. The molecule has 1 fully saturated rings. The number of benzene rings is 2. The molecule has 2 unspecified atom stereocenters. The predicted octanol–water partition coefficient (Wildman–Crippen LogP) is 0.956. The van der Waals surface area contributed by atoms with Crippen LogP contribution in [0.3, 0.4) is 0 Å². The molecular weight excluding hydrogens is 358 g/mol. The first-order chi connectivity index (χ1) is 13.0. The van der Waals surface area contributed by atoms with Crippen LogP contribution in [0, 0.1) is 17.6 Å². The Morgan fingerprint density at radius 2 is 1.81 bits per heavy atom. The lowest BCUT2D eigenvalue weighted by Gasteiger charge is -2.18. The molecule has 0 aromatic heterocycles. The maximum Gasteiger partial charge on any atom is 0.276 e. The summed E-state index contributed by atoms with van der Waals surface area (Å²) in [5.41, 5.74) is 11.1. The maximum atomic E-state index is 13.4. The Bertz CT molecular complexity index is 817. The molecule has 7 nitrogen and oxygen atoms in total. The fraction of sp³-hybridized carbons (Fsp3) is 0.222. The minimum absolute atomic E-state index is 0.0560. The molecule has 27 heavy (non-hydrogen) atoms. The minimum Gasteiger partial charge on any atom is -0.481 e. The van der Waals surface area contributed by atoms with Crippen LogP contribution in [-0.2, 0) is 9.59 Å². The van der Waals surface area contributed by atoms with Gasteiger partial charge in [-0.2, -0.15) is 0 Å². The Kier molecular flexibility index (Phi) is 5.94. The molecule has 0 saturated carbocycles. The van der Waals surface area contributed by atoms with Crippen molar-refractivity contribution in [2.24, 2.45) is 5.92 Å². The first-order valence-corrected chi connectivity index (χ1v) is 8.24. The van der Waals surface area contributed by atoms with Gasteiger partial charge in [-0.25, -0.2) is 14.2 Å². The van der Waals surface area contributed by atoms with E-state index in [-0.39, 0.29) is 17.6 Å². The molecule has 142 valence electrons. The van der Waals surface area contributed by atoms with Crippen LogP contribution in [-0.4, -0.2) is 25.0 Å². The van der Waals surface area contributed by atoms with E-state index in [1.165, 1.54) is 30.3 Å². The third kappa shape index (κ3) is 4.78. The van der Waals surface area contributed by atoms with E-state index in [0.29, 0.717) is 6.54 Å². The summed E-state index contributed by atoms with van der Waals surface area (Å²) < 4.78 is 31.5. The molecule has 0 spiro atoms. The van der Waals surface area contributed by atoms with Crippen molar-refractivity contribution in [2.75, 3.05) is 13.2 Å². The van der Waals surface area contributed by atoms with Gasteiger partial charge in [0.05, 0.1) is 12.0 Å². The van der Waals surface area contributed by atoms with Gasteiger partial charge in [-0.3, -0.25) is 25.9 Å². The number of nitrogens with one attached hydrogen (secondary N) is 4. The number of halogens is 2. The van der Waals surface area contributed by atoms with Crippen LogP contribution in [0.15, 0.2) is 48.5 Å². The first-order valence-electron chi connectivity index (χ1n) is 8.24. The van der Waals surface area contributed by atoms with Crippen molar-refractivity contribution in [1.82, 2.24) is 21.7 Å². The van der Waals surface area contributed by atoms with Crippen molar-refractivity contribution in [3.8, 4) is 5.75 Å². The fourth-order valence-corrected chi connectivity index (χ4v) is 2.69. The van der Waals surface area contributed by atoms with E-state index in [1.807, 2.05) is 0 Å². The normalized spacial score (nSPS) is 18.7. The van der Waals surface area contributed by atoms with Crippen molar-refractivity contribution in [3.05, 3.63) is 65.7 Å².